The third kappa shape index (κ3) is 2.36. The van der Waals surface area contributed by atoms with E-state index in [1.807, 2.05) is 0 Å². The molecule has 4 nitrogen and oxygen atoms in total. The van der Waals surface area contributed by atoms with Crippen LogP contribution in [0.5, 0.6) is 0 Å². The van der Waals surface area contributed by atoms with Gasteiger partial charge < -0.3 is 9.15 Å². The van der Waals surface area contributed by atoms with Crippen LogP contribution in [0.2, 0.25) is 0 Å². The SMILES string of the molecule is COC(=O)c1ccc(-c2ccc(C=O)o2)c(Br)c1. The summed E-state index contributed by atoms with van der Waals surface area (Å²) in [4.78, 5) is 21.9. The Bertz CT molecular complexity index is 601. The van der Waals surface area contributed by atoms with Crippen molar-refractivity contribution in [1.82, 2.24) is 0 Å². The molecule has 0 unspecified atom stereocenters. The molecule has 2 aromatic rings. The number of ether oxygens (including phenoxy) is 1. The Morgan fingerprint density at radius 1 is 1.33 bits per heavy atom. The third-order valence-electron chi connectivity index (χ3n) is 2.40. The fourth-order valence-electron chi connectivity index (χ4n) is 1.52. The van der Waals surface area contributed by atoms with Gasteiger partial charge in [-0.15, -0.1) is 0 Å². The molecule has 0 bridgehead atoms. The van der Waals surface area contributed by atoms with E-state index in [9.17, 15) is 9.59 Å². The number of rotatable bonds is 3. The lowest BCUT2D eigenvalue weighted by atomic mass is 10.1. The van der Waals surface area contributed by atoms with Crippen molar-refractivity contribution < 1.29 is 18.7 Å². The van der Waals surface area contributed by atoms with Gasteiger partial charge in [-0.05, 0) is 30.3 Å². The fraction of sp³-hybridized carbons (Fsp3) is 0.0769. The van der Waals surface area contributed by atoms with Gasteiger partial charge in [-0.1, -0.05) is 15.9 Å². The first kappa shape index (κ1) is 12.6. The Morgan fingerprint density at radius 2 is 2.11 bits per heavy atom. The van der Waals surface area contributed by atoms with E-state index in [2.05, 4.69) is 20.7 Å². The zero-order chi connectivity index (χ0) is 13.1. The smallest absolute Gasteiger partial charge is 0.337 e. The van der Waals surface area contributed by atoms with Crippen molar-refractivity contribution in [2.75, 3.05) is 7.11 Å². The van der Waals surface area contributed by atoms with Gasteiger partial charge in [-0.3, -0.25) is 4.79 Å². The lowest BCUT2D eigenvalue weighted by Gasteiger charge is -2.04. The lowest BCUT2D eigenvalue weighted by Crippen LogP contribution is -2.00. The van der Waals surface area contributed by atoms with Crippen molar-refractivity contribution in [3.63, 3.8) is 0 Å². The molecule has 0 spiro atoms. The molecular weight excluding hydrogens is 300 g/mol. The molecule has 0 N–H and O–H groups in total. The maximum atomic E-state index is 11.4. The molecule has 1 aromatic heterocycles. The highest BCUT2D eigenvalue weighted by molar-refractivity contribution is 9.10. The predicted octanol–water partition coefficient (Wildman–Crippen LogP) is 3.31. The number of esters is 1. The monoisotopic (exact) mass is 308 g/mol. The molecule has 92 valence electrons. The molecule has 5 heteroatoms. The van der Waals surface area contributed by atoms with Gasteiger partial charge in [0.1, 0.15) is 5.76 Å². The molecule has 0 aliphatic heterocycles. The van der Waals surface area contributed by atoms with E-state index in [-0.39, 0.29) is 5.76 Å². The third-order valence-corrected chi connectivity index (χ3v) is 3.05. The maximum Gasteiger partial charge on any atom is 0.337 e. The van der Waals surface area contributed by atoms with E-state index in [1.165, 1.54) is 7.11 Å². The lowest BCUT2D eigenvalue weighted by molar-refractivity contribution is 0.0600. The Kier molecular flexibility index (Phi) is 3.62. The molecule has 18 heavy (non-hydrogen) atoms. The fourth-order valence-corrected chi connectivity index (χ4v) is 2.09. The second-order valence-corrected chi connectivity index (χ2v) is 4.36. The number of carbonyl (C=O) groups excluding carboxylic acids is 2. The molecule has 0 radical (unpaired) electrons. The van der Waals surface area contributed by atoms with Crippen molar-refractivity contribution in [2.24, 2.45) is 0 Å². The number of benzene rings is 1. The molecule has 0 saturated heterocycles. The van der Waals surface area contributed by atoms with Crippen molar-refractivity contribution in [1.29, 1.82) is 0 Å². The molecule has 0 aliphatic rings. The molecule has 0 amide bonds. The summed E-state index contributed by atoms with van der Waals surface area (Å²) in [6.45, 7) is 0. The Balaban J connectivity index is 2.40. The number of methoxy groups -OCH3 is 1. The van der Waals surface area contributed by atoms with Crippen LogP contribution in [-0.2, 0) is 4.74 Å². The highest BCUT2D eigenvalue weighted by Gasteiger charge is 2.12. The summed E-state index contributed by atoms with van der Waals surface area (Å²) in [6, 6.07) is 8.29. The van der Waals surface area contributed by atoms with Gasteiger partial charge in [0.2, 0.25) is 0 Å². The molecule has 0 saturated carbocycles. The van der Waals surface area contributed by atoms with Crippen LogP contribution < -0.4 is 0 Å². The van der Waals surface area contributed by atoms with Gasteiger partial charge >= 0.3 is 5.97 Å². The molecule has 1 aromatic carbocycles. The number of aldehydes is 1. The molecule has 1 heterocycles. The van der Waals surface area contributed by atoms with E-state index in [0.717, 1.165) is 5.56 Å². The number of hydrogen-bond acceptors (Lipinski definition) is 4. The standard InChI is InChI=1S/C13H9BrO4/c1-17-13(16)8-2-4-10(11(14)6-8)12-5-3-9(7-15)18-12/h2-7H,1H3. The normalized spacial score (nSPS) is 10.1. The van der Waals surface area contributed by atoms with Crippen molar-refractivity contribution in [3.05, 3.63) is 46.1 Å². The quantitative estimate of drug-likeness (QED) is 0.645. The number of hydrogen-bond donors (Lipinski definition) is 0. The molecule has 0 aliphatic carbocycles. The topological polar surface area (TPSA) is 56.5 Å². The largest absolute Gasteiger partial charge is 0.465 e. The molecule has 0 atom stereocenters. The molecular formula is C13H9BrO4. The summed E-state index contributed by atoms with van der Waals surface area (Å²) in [6.07, 6.45) is 0.639. The van der Waals surface area contributed by atoms with Crippen molar-refractivity contribution >= 4 is 28.2 Å². The average molecular weight is 309 g/mol. The second kappa shape index (κ2) is 5.18. The first-order chi connectivity index (χ1) is 8.65. The van der Waals surface area contributed by atoms with Crippen LogP contribution in [0.1, 0.15) is 20.9 Å². The van der Waals surface area contributed by atoms with Gasteiger partial charge in [-0.2, -0.15) is 0 Å². The van der Waals surface area contributed by atoms with E-state index < -0.39 is 5.97 Å². The number of halogens is 1. The second-order valence-electron chi connectivity index (χ2n) is 3.51. The Labute approximate surface area is 112 Å². The first-order valence-corrected chi connectivity index (χ1v) is 5.88. The van der Waals surface area contributed by atoms with Gasteiger partial charge in [0, 0.05) is 10.0 Å². The molecule has 2 rings (SSSR count). The van der Waals surface area contributed by atoms with Crippen molar-refractivity contribution in [3.8, 4) is 11.3 Å². The van der Waals surface area contributed by atoms with E-state index in [1.54, 1.807) is 30.3 Å². The maximum absolute atomic E-state index is 11.4. The summed E-state index contributed by atoms with van der Waals surface area (Å²) < 4.78 is 10.6. The zero-order valence-electron chi connectivity index (χ0n) is 9.48. The minimum atomic E-state index is -0.407. The summed E-state index contributed by atoms with van der Waals surface area (Å²) in [5.74, 6) is 0.407. The summed E-state index contributed by atoms with van der Waals surface area (Å²) >= 11 is 3.36. The van der Waals surface area contributed by atoms with Crippen molar-refractivity contribution in [2.45, 2.75) is 0 Å². The number of furan rings is 1. The van der Waals surface area contributed by atoms with Crippen LogP contribution in [0.25, 0.3) is 11.3 Å². The minimum absolute atomic E-state index is 0.258. The summed E-state index contributed by atoms with van der Waals surface area (Å²) in [7, 11) is 1.33. The van der Waals surface area contributed by atoms with Crippen LogP contribution in [0.15, 0.2) is 39.2 Å². The zero-order valence-corrected chi connectivity index (χ0v) is 11.1. The first-order valence-electron chi connectivity index (χ1n) is 5.09. The Hall–Kier alpha value is -1.88. The highest BCUT2D eigenvalue weighted by atomic mass is 79.9. The van der Waals surface area contributed by atoms with Crippen LogP contribution in [0.4, 0.5) is 0 Å². The predicted molar refractivity (Wildman–Crippen MR) is 68.6 cm³/mol. The van der Waals surface area contributed by atoms with Gasteiger partial charge in [0.15, 0.2) is 12.0 Å². The summed E-state index contributed by atoms with van der Waals surface area (Å²) in [5.41, 5.74) is 1.20. The Morgan fingerprint density at radius 3 is 2.67 bits per heavy atom. The van der Waals surface area contributed by atoms with Crippen LogP contribution in [0.3, 0.4) is 0 Å². The summed E-state index contributed by atoms with van der Waals surface area (Å²) in [5, 5.41) is 0. The van der Waals surface area contributed by atoms with Gasteiger partial charge in [0.25, 0.3) is 0 Å². The highest BCUT2D eigenvalue weighted by Crippen LogP contribution is 2.30. The van der Waals surface area contributed by atoms with Crippen LogP contribution >= 0.6 is 15.9 Å². The average Bonchev–Trinajstić information content (AvgIpc) is 2.86. The van der Waals surface area contributed by atoms with Gasteiger partial charge in [-0.25, -0.2) is 4.79 Å². The van der Waals surface area contributed by atoms with Crippen LogP contribution in [0, 0.1) is 0 Å². The number of carbonyl (C=O) groups is 2. The minimum Gasteiger partial charge on any atom is -0.465 e. The van der Waals surface area contributed by atoms with E-state index in [0.29, 0.717) is 22.1 Å². The molecule has 0 fully saturated rings. The van der Waals surface area contributed by atoms with E-state index in [4.69, 9.17) is 4.42 Å². The van der Waals surface area contributed by atoms with E-state index >= 15 is 0 Å². The van der Waals surface area contributed by atoms with Gasteiger partial charge in [0.05, 0.1) is 12.7 Å². The van der Waals surface area contributed by atoms with Crippen LogP contribution in [-0.4, -0.2) is 19.4 Å².